The molecule has 1 rings (SSSR count). The van der Waals surface area contributed by atoms with Crippen molar-refractivity contribution in [3.63, 3.8) is 0 Å². The van der Waals surface area contributed by atoms with Crippen LogP contribution in [0.15, 0.2) is 9.59 Å². The summed E-state index contributed by atoms with van der Waals surface area (Å²) in [5, 5.41) is 2.84. The zero-order chi connectivity index (χ0) is 15.9. The lowest BCUT2D eigenvalue weighted by molar-refractivity contribution is 0.220. The molecule has 0 unspecified atom stereocenters. The first-order valence-corrected chi connectivity index (χ1v) is 8.80. The first kappa shape index (κ1) is 17.9. The predicted octanol–water partition coefficient (Wildman–Crippen LogP) is 1.75. The Balaban J connectivity index is 2.47. The van der Waals surface area contributed by atoms with Crippen LogP contribution in [0.3, 0.4) is 0 Å². The van der Waals surface area contributed by atoms with E-state index in [1.807, 2.05) is 0 Å². The first-order chi connectivity index (χ1) is 9.99. The van der Waals surface area contributed by atoms with Crippen LogP contribution in [0.4, 0.5) is 5.69 Å². The van der Waals surface area contributed by atoms with Gasteiger partial charge in [0.2, 0.25) is 0 Å². The fraction of sp³-hybridized carbons (Fsp3) is 0.692. The first-order valence-electron chi connectivity index (χ1n) is 7.07. The number of ether oxygens (including phenoxy) is 1. The van der Waals surface area contributed by atoms with Gasteiger partial charge in [-0.25, -0.2) is 0 Å². The van der Waals surface area contributed by atoms with Crippen molar-refractivity contribution in [2.24, 2.45) is 0 Å². The molecule has 0 aliphatic rings. The van der Waals surface area contributed by atoms with Gasteiger partial charge >= 0.3 is 7.60 Å². The van der Waals surface area contributed by atoms with Crippen LogP contribution in [-0.4, -0.2) is 32.5 Å². The molecule has 120 valence electrons. The van der Waals surface area contributed by atoms with E-state index in [1.165, 1.54) is 0 Å². The molecule has 0 aromatic heterocycles. The molecule has 0 atom stereocenters. The van der Waals surface area contributed by atoms with E-state index in [0.29, 0.717) is 32.8 Å². The molecule has 0 heterocycles. The number of hydrogen-bond acceptors (Lipinski definition) is 7. The monoisotopic (exact) mass is 319 g/mol. The van der Waals surface area contributed by atoms with Crippen LogP contribution < -0.4 is 20.9 Å². The maximum absolute atomic E-state index is 12.2. The van der Waals surface area contributed by atoms with Gasteiger partial charge in [0.15, 0.2) is 5.75 Å². The molecule has 1 aromatic carbocycles. The summed E-state index contributed by atoms with van der Waals surface area (Å²) in [4.78, 5) is 22.7. The topological polar surface area (TPSA) is 90.9 Å². The van der Waals surface area contributed by atoms with Gasteiger partial charge in [0.25, 0.3) is 10.9 Å². The smallest absolute Gasteiger partial charge is 0.330 e. The van der Waals surface area contributed by atoms with Crippen LogP contribution in [0.5, 0.6) is 5.75 Å². The van der Waals surface area contributed by atoms with Crippen LogP contribution in [0.25, 0.3) is 0 Å². The SMILES string of the molecule is CCOc1c(NCCCP(=O)(OCC)OCC)c(=O)c1=O. The van der Waals surface area contributed by atoms with E-state index in [-0.39, 0.29) is 17.6 Å². The second kappa shape index (κ2) is 8.32. The van der Waals surface area contributed by atoms with Crippen molar-refractivity contribution in [1.29, 1.82) is 0 Å². The molecule has 0 saturated heterocycles. The van der Waals surface area contributed by atoms with Gasteiger partial charge in [-0.1, -0.05) is 0 Å². The molecule has 21 heavy (non-hydrogen) atoms. The lowest BCUT2D eigenvalue weighted by atomic mass is 10.2. The Hall–Kier alpha value is -1.17. The maximum Gasteiger partial charge on any atom is 0.330 e. The molecule has 7 nitrogen and oxygen atoms in total. The highest BCUT2D eigenvalue weighted by molar-refractivity contribution is 7.53. The molecule has 0 radical (unpaired) electrons. The van der Waals surface area contributed by atoms with E-state index in [1.54, 1.807) is 20.8 Å². The lowest BCUT2D eigenvalue weighted by Crippen LogP contribution is -2.36. The van der Waals surface area contributed by atoms with Crippen molar-refractivity contribution in [3.05, 3.63) is 20.4 Å². The molecular formula is C13H22NO6P. The Labute approximate surface area is 123 Å². The van der Waals surface area contributed by atoms with Crippen molar-refractivity contribution < 1.29 is 18.3 Å². The average molecular weight is 319 g/mol. The molecule has 1 aromatic rings. The third-order valence-corrected chi connectivity index (χ3v) is 4.88. The largest absolute Gasteiger partial charge is 0.488 e. The third-order valence-electron chi connectivity index (χ3n) is 2.72. The summed E-state index contributed by atoms with van der Waals surface area (Å²) >= 11 is 0. The molecule has 0 saturated carbocycles. The minimum atomic E-state index is -3.06. The minimum absolute atomic E-state index is 0.0836. The fourth-order valence-corrected chi connectivity index (χ4v) is 3.52. The van der Waals surface area contributed by atoms with Crippen LogP contribution >= 0.6 is 7.60 Å². The van der Waals surface area contributed by atoms with Crippen molar-refractivity contribution in [1.82, 2.24) is 0 Å². The van der Waals surface area contributed by atoms with Gasteiger partial charge < -0.3 is 19.1 Å². The van der Waals surface area contributed by atoms with E-state index in [9.17, 15) is 14.2 Å². The number of rotatable bonds is 11. The second-order valence-electron chi connectivity index (χ2n) is 4.25. The second-order valence-corrected chi connectivity index (χ2v) is 6.43. The predicted molar refractivity (Wildman–Crippen MR) is 81.4 cm³/mol. The molecule has 0 spiro atoms. The highest BCUT2D eigenvalue weighted by Gasteiger charge is 2.24. The molecule has 0 bridgehead atoms. The van der Waals surface area contributed by atoms with Gasteiger partial charge in [0.1, 0.15) is 5.69 Å². The summed E-state index contributed by atoms with van der Waals surface area (Å²) in [5.41, 5.74) is -0.977. The quantitative estimate of drug-likeness (QED) is 0.377. The van der Waals surface area contributed by atoms with E-state index in [2.05, 4.69) is 5.32 Å². The van der Waals surface area contributed by atoms with Crippen LogP contribution in [0.2, 0.25) is 0 Å². The van der Waals surface area contributed by atoms with Gasteiger partial charge in [-0.2, -0.15) is 0 Å². The summed E-state index contributed by atoms with van der Waals surface area (Å²) in [6.07, 6.45) is 0.739. The van der Waals surface area contributed by atoms with Crippen LogP contribution in [-0.2, 0) is 13.6 Å². The van der Waals surface area contributed by atoms with Gasteiger partial charge in [0, 0.05) is 6.54 Å². The third kappa shape index (κ3) is 4.66. The molecule has 8 heteroatoms. The number of hydrogen-bond donors (Lipinski definition) is 1. The highest BCUT2D eigenvalue weighted by Crippen LogP contribution is 2.48. The lowest BCUT2D eigenvalue weighted by Gasteiger charge is -2.17. The van der Waals surface area contributed by atoms with Gasteiger partial charge in [-0.15, -0.1) is 0 Å². The van der Waals surface area contributed by atoms with Crippen molar-refractivity contribution in [3.8, 4) is 5.75 Å². The molecule has 0 amide bonds. The molecule has 0 aliphatic carbocycles. The Morgan fingerprint density at radius 3 is 2.14 bits per heavy atom. The fourth-order valence-electron chi connectivity index (χ4n) is 1.86. The summed E-state index contributed by atoms with van der Waals surface area (Å²) < 4.78 is 27.6. The van der Waals surface area contributed by atoms with Crippen LogP contribution in [0, 0.1) is 0 Å². The normalized spacial score (nSPS) is 11.8. The van der Waals surface area contributed by atoms with Gasteiger partial charge in [-0.3, -0.25) is 14.2 Å². The number of nitrogens with one attached hydrogen (secondary N) is 1. The van der Waals surface area contributed by atoms with Crippen molar-refractivity contribution in [2.45, 2.75) is 27.2 Å². The zero-order valence-electron chi connectivity index (χ0n) is 12.6. The van der Waals surface area contributed by atoms with Gasteiger partial charge in [0.05, 0.1) is 26.0 Å². The minimum Gasteiger partial charge on any atom is -0.488 e. The Bertz CT molecular complexity index is 553. The Morgan fingerprint density at radius 1 is 1.00 bits per heavy atom. The Morgan fingerprint density at radius 2 is 1.62 bits per heavy atom. The maximum atomic E-state index is 12.2. The van der Waals surface area contributed by atoms with E-state index < -0.39 is 18.5 Å². The van der Waals surface area contributed by atoms with Gasteiger partial charge in [-0.05, 0) is 27.2 Å². The van der Waals surface area contributed by atoms with Crippen LogP contribution in [0.1, 0.15) is 27.2 Å². The van der Waals surface area contributed by atoms with E-state index in [4.69, 9.17) is 13.8 Å². The van der Waals surface area contributed by atoms with Crippen molar-refractivity contribution in [2.75, 3.05) is 37.8 Å². The number of anilines is 1. The summed E-state index contributed by atoms with van der Waals surface area (Å²) in [6.45, 7) is 6.58. The molecule has 1 N–H and O–H groups in total. The zero-order valence-corrected chi connectivity index (χ0v) is 13.5. The van der Waals surface area contributed by atoms with E-state index >= 15 is 0 Å². The molecule has 0 aliphatic heterocycles. The van der Waals surface area contributed by atoms with E-state index in [0.717, 1.165) is 0 Å². The summed E-state index contributed by atoms with van der Waals surface area (Å²) in [5.74, 6) is 0.0836. The highest BCUT2D eigenvalue weighted by atomic mass is 31.2. The molecular weight excluding hydrogens is 297 g/mol. The summed E-state index contributed by atoms with van der Waals surface area (Å²) in [7, 11) is -3.06. The summed E-state index contributed by atoms with van der Waals surface area (Å²) in [6, 6.07) is 0. The Kier molecular flexibility index (Phi) is 7.08. The van der Waals surface area contributed by atoms with Crippen molar-refractivity contribution >= 4 is 13.3 Å². The standard InChI is InChI=1S/C13H22NO6P/c1-4-18-13-10(11(15)12(13)16)14-8-7-9-21(17,19-5-2)20-6-3/h14H,4-9H2,1-3H3. The molecule has 0 fully saturated rings. The average Bonchev–Trinajstić information content (AvgIpc) is 2.45.